The smallest absolute Gasteiger partial charge is 0.307 e. The van der Waals surface area contributed by atoms with E-state index in [1.54, 1.807) is 0 Å². The van der Waals surface area contributed by atoms with Gasteiger partial charge >= 0.3 is 5.97 Å². The Morgan fingerprint density at radius 3 is 2.73 bits per heavy atom. The Kier molecular flexibility index (Phi) is 3.80. The van der Waals surface area contributed by atoms with Crippen LogP contribution in [0, 0.1) is 11.6 Å². The molecule has 0 saturated heterocycles. The highest BCUT2D eigenvalue weighted by Gasteiger charge is 2.09. The van der Waals surface area contributed by atoms with Gasteiger partial charge in [-0.25, -0.2) is 8.78 Å². The van der Waals surface area contributed by atoms with Gasteiger partial charge in [0.05, 0.1) is 6.42 Å². The molecule has 0 fully saturated rings. The average Bonchev–Trinajstić information content (AvgIpc) is 2.18. The minimum absolute atomic E-state index is 0.0580. The highest BCUT2D eigenvalue weighted by molar-refractivity contribution is 6.31. The first kappa shape index (κ1) is 11.7. The van der Waals surface area contributed by atoms with E-state index in [9.17, 15) is 13.6 Å². The SMILES string of the molecule is O=C(O)CC=Cc1ccc(F)c(Cl)c1F. The van der Waals surface area contributed by atoms with Crippen molar-refractivity contribution in [1.29, 1.82) is 0 Å². The number of rotatable bonds is 3. The Morgan fingerprint density at radius 1 is 1.47 bits per heavy atom. The summed E-state index contributed by atoms with van der Waals surface area (Å²) < 4.78 is 25.9. The number of carbonyl (C=O) groups is 1. The van der Waals surface area contributed by atoms with E-state index in [-0.39, 0.29) is 12.0 Å². The van der Waals surface area contributed by atoms with Crippen LogP contribution in [-0.4, -0.2) is 11.1 Å². The zero-order valence-electron chi connectivity index (χ0n) is 7.51. The highest BCUT2D eigenvalue weighted by Crippen LogP contribution is 2.22. The molecular weight excluding hydrogens is 226 g/mol. The van der Waals surface area contributed by atoms with Gasteiger partial charge in [-0.15, -0.1) is 0 Å². The van der Waals surface area contributed by atoms with Gasteiger partial charge in [0, 0.05) is 5.56 Å². The second kappa shape index (κ2) is 4.89. The third kappa shape index (κ3) is 3.02. The summed E-state index contributed by atoms with van der Waals surface area (Å²) in [5.74, 6) is -2.76. The average molecular weight is 233 g/mol. The largest absolute Gasteiger partial charge is 0.481 e. The Morgan fingerprint density at radius 2 is 2.13 bits per heavy atom. The number of benzene rings is 1. The predicted molar refractivity (Wildman–Crippen MR) is 52.7 cm³/mol. The highest BCUT2D eigenvalue weighted by atomic mass is 35.5. The summed E-state index contributed by atoms with van der Waals surface area (Å²) in [6.07, 6.45) is 2.28. The van der Waals surface area contributed by atoms with Crippen LogP contribution in [0.1, 0.15) is 12.0 Å². The fraction of sp³-hybridized carbons (Fsp3) is 0.100. The molecule has 5 heteroatoms. The zero-order valence-corrected chi connectivity index (χ0v) is 8.26. The molecule has 0 amide bonds. The number of carboxylic acid groups (broad SMARTS) is 1. The fourth-order valence-electron chi connectivity index (χ4n) is 0.956. The van der Waals surface area contributed by atoms with Gasteiger partial charge in [-0.05, 0) is 12.1 Å². The van der Waals surface area contributed by atoms with Crippen LogP contribution in [0.15, 0.2) is 18.2 Å². The van der Waals surface area contributed by atoms with Crippen LogP contribution in [0.3, 0.4) is 0 Å². The second-order valence-corrected chi connectivity index (χ2v) is 3.14. The summed E-state index contributed by atoms with van der Waals surface area (Å²) >= 11 is 5.32. The molecule has 1 N–H and O–H groups in total. The van der Waals surface area contributed by atoms with E-state index >= 15 is 0 Å². The van der Waals surface area contributed by atoms with E-state index in [2.05, 4.69) is 0 Å². The summed E-state index contributed by atoms with van der Waals surface area (Å²) in [4.78, 5) is 10.2. The fourth-order valence-corrected chi connectivity index (χ4v) is 1.13. The molecule has 1 aromatic rings. The molecule has 1 aromatic carbocycles. The molecule has 0 aliphatic rings. The molecule has 0 heterocycles. The van der Waals surface area contributed by atoms with Crippen LogP contribution in [0.25, 0.3) is 6.08 Å². The second-order valence-electron chi connectivity index (χ2n) is 2.76. The van der Waals surface area contributed by atoms with E-state index in [1.165, 1.54) is 18.2 Å². The Bertz CT molecular complexity index is 416. The van der Waals surface area contributed by atoms with Crippen LogP contribution in [0.4, 0.5) is 8.78 Å². The molecule has 0 unspecified atom stereocenters. The van der Waals surface area contributed by atoms with Crippen molar-refractivity contribution in [3.63, 3.8) is 0 Å². The Balaban J connectivity index is 2.92. The summed E-state index contributed by atoms with van der Waals surface area (Å²) in [5.41, 5.74) is 0.0580. The van der Waals surface area contributed by atoms with Crippen molar-refractivity contribution in [2.45, 2.75) is 6.42 Å². The van der Waals surface area contributed by atoms with Crippen molar-refractivity contribution < 1.29 is 18.7 Å². The van der Waals surface area contributed by atoms with Crippen molar-refractivity contribution >= 4 is 23.6 Å². The summed E-state index contributed by atoms with van der Waals surface area (Å²) in [6.45, 7) is 0. The third-order valence-electron chi connectivity index (χ3n) is 1.65. The van der Waals surface area contributed by atoms with Gasteiger partial charge in [0.15, 0.2) is 5.82 Å². The molecule has 2 nitrogen and oxygen atoms in total. The van der Waals surface area contributed by atoms with E-state index < -0.39 is 22.6 Å². The van der Waals surface area contributed by atoms with Crippen molar-refractivity contribution in [3.05, 3.63) is 40.4 Å². The predicted octanol–water partition coefficient (Wildman–Crippen LogP) is 3.11. The third-order valence-corrected chi connectivity index (χ3v) is 2.00. The zero-order chi connectivity index (χ0) is 11.4. The molecule has 0 spiro atoms. The first-order valence-electron chi connectivity index (χ1n) is 4.04. The molecule has 0 saturated carbocycles. The van der Waals surface area contributed by atoms with E-state index in [4.69, 9.17) is 16.7 Å². The molecule has 0 aliphatic heterocycles. The van der Waals surface area contributed by atoms with Gasteiger partial charge in [0.2, 0.25) is 0 Å². The van der Waals surface area contributed by atoms with Gasteiger partial charge < -0.3 is 5.11 Å². The number of halogens is 3. The van der Waals surface area contributed by atoms with Gasteiger partial charge in [-0.3, -0.25) is 4.79 Å². The van der Waals surface area contributed by atoms with Crippen LogP contribution in [-0.2, 0) is 4.79 Å². The Labute approximate surface area is 89.8 Å². The maximum Gasteiger partial charge on any atom is 0.307 e. The quantitative estimate of drug-likeness (QED) is 0.813. The lowest BCUT2D eigenvalue weighted by molar-refractivity contribution is -0.135. The van der Waals surface area contributed by atoms with E-state index in [1.807, 2.05) is 0 Å². The maximum absolute atomic E-state index is 13.2. The molecule has 0 aromatic heterocycles. The number of hydrogen-bond donors (Lipinski definition) is 1. The van der Waals surface area contributed by atoms with Gasteiger partial charge in [-0.1, -0.05) is 23.8 Å². The first-order chi connectivity index (χ1) is 7.02. The first-order valence-corrected chi connectivity index (χ1v) is 4.42. The molecule has 1 rings (SSSR count). The number of hydrogen-bond acceptors (Lipinski definition) is 1. The topological polar surface area (TPSA) is 37.3 Å². The molecular formula is C10H7ClF2O2. The minimum Gasteiger partial charge on any atom is -0.481 e. The molecule has 80 valence electrons. The normalized spacial score (nSPS) is 10.9. The van der Waals surface area contributed by atoms with Crippen molar-refractivity contribution in [1.82, 2.24) is 0 Å². The van der Waals surface area contributed by atoms with Crippen LogP contribution in [0.2, 0.25) is 5.02 Å². The molecule has 15 heavy (non-hydrogen) atoms. The van der Waals surface area contributed by atoms with Gasteiger partial charge in [0.25, 0.3) is 0 Å². The van der Waals surface area contributed by atoms with Crippen LogP contribution < -0.4 is 0 Å². The van der Waals surface area contributed by atoms with Gasteiger partial charge in [0.1, 0.15) is 10.8 Å². The van der Waals surface area contributed by atoms with Crippen LogP contribution in [0.5, 0.6) is 0 Å². The Hall–Kier alpha value is -1.42. The summed E-state index contributed by atoms with van der Waals surface area (Å²) in [7, 11) is 0. The van der Waals surface area contributed by atoms with Crippen molar-refractivity contribution in [2.24, 2.45) is 0 Å². The maximum atomic E-state index is 13.2. The lowest BCUT2D eigenvalue weighted by Gasteiger charge is -1.99. The molecule has 0 radical (unpaired) electrons. The van der Waals surface area contributed by atoms with Crippen molar-refractivity contribution in [3.8, 4) is 0 Å². The summed E-state index contributed by atoms with van der Waals surface area (Å²) in [5, 5.41) is 7.74. The van der Waals surface area contributed by atoms with Gasteiger partial charge in [-0.2, -0.15) is 0 Å². The lowest BCUT2D eigenvalue weighted by atomic mass is 10.2. The molecule has 0 aliphatic carbocycles. The van der Waals surface area contributed by atoms with Crippen LogP contribution >= 0.6 is 11.6 Å². The van der Waals surface area contributed by atoms with Crippen molar-refractivity contribution in [2.75, 3.05) is 0 Å². The lowest BCUT2D eigenvalue weighted by Crippen LogP contribution is -1.91. The molecule has 0 bridgehead atoms. The monoisotopic (exact) mass is 232 g/mol. The standard InChI is InChI=1S/C10H7ClF2O2/c11-9-7(12)5-4-6(10(9)13)2-1-3-8(14)15/h1-2,4-5H,3H2,(H,14,15). The van der Waals surface area contributed by atoms with E-state index in [0.717, 1.165) is 6.07 Å². The minimum atomic E-state index is -1.03. The molecule has 0 atom stereocenters. The summed E-state index contributed by atoms with van der Waals surface area (Å²) in [6, 6.07) is 2.21. The number of carboxylic acids is 1. The van der Waals surface area contributed by atoms with E-state index in [0.29, 0.717) is 0 Å². The number of aliphatic carboxylic acids is 1.